The number of anilines is 1. The number of nitrogens with zero attached hydrogens (tertiary/aromatic N) is 2. The molecule has 0 saturated heterocycles. The van der Waals surface area contributed by atoms with Crippen molar-refractivity contribution in [3.8, 4) is 5.69 Å². The van der Waals surface area contributed by atoms with Crippen LogP contribution in [0.4, 0.5) is 5.69 Å². The van der Waals surface area contributed by atoms with Gasteiger partial charge in [0.1, 0.15) is 0 Å². The highest BCUT2D eigenvalue weighted by Gasteiger charge is 2.19. The van der Waals surface area contributed by atoms with Crippen molar-refractivity contribution in [1.82, 2.24) is 9.78 Å². The molecule has 0 saturated carbocycles. The fourth-order valence-electron chi connectivity index (χ4n) is 3.37. The molecule has 164 valence electrons. The summed E-state index contributed by atoms with van der Waals surface area (Å²) in [5.41, 5.74) is 3.81. The van der Waals surface area contributed by atoms with E-state index in [1.165, 1.54) is 6.07 Å². The van der Waals surface area contributed by atoms with E-state index in [1.807, 2.05) is 20.8 Å². The van der Waals surface area contributed by atoms with Gasteiger partial charge in [0.25, 0.3) is 0 Å². The van der Waals surface area contributed by atoms with E-state index in [0.717, 1.165) is 11.3 Å². The molecule has 0 spiro atoms. The lowest BCUT2D eigenvalue weighted by Crippen LogP contribution is -2.18. The Bertz CT molecular complexity index is 1270. The summed E-state index contributed by atoms with van der Waals surface area (Å²) >= 11 is 12.3. The molecule has 1 aromatic heterocycles. The summed E-state index contributed by atoms with van der Waals surface area (Å²) in [4.78, 5) is 12.7. The first kappa shape index (κ1) is 23.3. The van der Waals surface area contributed by atoms with E-state index in [0.29, 0.717) is 39.1 Å². The maximum Gasteiger partial charge on any atom is 0.238 e. The van der Waals surface area contributed by atoms with Crippen LogP contribution >= 0.6 is 23.2 Å². The average molecular weight is 481 g/mol. The number of halogens is 2. The van der Waals surface area contributed by atoms with Crippen LogP contribution in [0.15, 0.2) is 41.3 Å². The van der Waals surface area contributed by atoms with Gasteiger partial charge in [0.2, 0.25) is 15.9 Å². The number of carbonyl (C=O) groups excluding carboxylic acids is 1. The predicted octanol–water partition coefficient (Wildman–Crippen LogP) is 4.19. The number of aryl methyl sites for hydroxylation is 2. The van der Waals surface area contributed by atoms with Crippen LogP contribution in [0, 0.1) is 13.8 Å². The number of nitrogens with two attached hydrogens (primary N) is 1. The fourth-order valence-corrected chi connectivity index (χ4v) is 4.73. The van der Waals surface area contributed by atoms with Gasteiger partial charge in [-0.25, -0.2) is 18.2 Å². The zero-order chi connectivity index (χ0) is 22.9. The van der Waals surface area contributed by atoms with Crippen molar-refractivity contribution in [2.24, 2.45) is 5.14 Å². The van der Waals surface area contributed by atoms with Crippen molar-refractivity contribution in [2.75, 3.05) is 5.32 Å². The summed E-state index contributed by atoms with van der Waals surface area (Å²) in [6, 6.07) is 9.79. The summed E-state index contributed by atoms with van der Waals surface area (Å²) in [5, 5.41) is 13.5. The summed E-state index contributed by atoms with van der Waals surface area (Å²) in [6.07, 6.45) is 0.563. The summed E-state index contributed by atoms with van der Waals surface area (Å²) < 4.78 is 25.4. The van der Waals surface area contributed by atoms with Crippen molar-refractivity contribution < 1.29 is 13.2 Å². The first-order valence-electron chi connectivity index (χ1n) is 9.47. The smallest absolute Gasteiger partial charge is 0.238 e. The lowest BCUT2D eigenvalue weighted by molar-refractivity contribution is -0.115. The normalized spacial score (nSPS) is 11.5. The zero-order valence-corrected chi connectivity index (χ0v) is 19.6. The lowest BCUT2D eigenvalue weighted by atomic mass is 10.1. The Labute approximate surface area is 191 Å². The van der Waals surface area contributed by atoms with Gasteiger partial charge in [0.15, 0.2) is 0 Å². The molecule has 10 heteroatoms. The third-order valence-electron chi connectivity index (χ3n) is 4.95. The number of nitrogens with one attached hydrogen (secondary N) is 1. The molecule has 2 aromatic carbocycles. The first-order chi connectivity index (χ1) is 14.5. The number of benzene rings is 2. The Morgan fingerprint density at radius 1 is 1.16 bits per heavy atom. The van der Waals surface area contributed by atoms with Gasteiger partial charge in [0.05, 0.1) is 27.7 Å². The Morgan fingerprint density at radius 3 is 2.48 bits per heavy atom. The summed E-state index contributed by atoms with van der Waals surface area (Å²) in [7, 11) is -3.90. The van der Waals surface area contributed by atoms with E-state index in [-0.39, 0.29) is 17.2 Å². The first-order valence-corrected chi connectivity index (χ1v) is 11.8. The second kappa shape index (κ2) is 9.00. The molecule has 1 heterocycles. The molecule has 31 heavy (non-hydrogen) atoms. The molecule has 0 bridgehead atoms. The summed E-state index contributed by atoms with van der Waals surface area (Å²) in [5.74, 6) is -0.308. The minimum Gasteiger partial charge on any atom is -0.326 e. The van der Waals surface area contributed by atoms with Crippen LogP contribution in [0.5, 0.6) is 0 Å². The van der Waals surface area contributed by atoms with E-state index in [2.05, 4.69) is 10.4 Å². The second-order valence-corrected chi connectivity index (χ2v) is 9.48. The maximum absolute atomic E-state index is 12.7. The molecule has 3 aromatic rings. The van der Waals surface area contributed by atoms with E-state index >= 15 is 0 Å². The number of carbonyl (C=O) groups is 1. The highest BCUT2D eigenvalue weighted by atomic mass is 35.5. The molecule has 7 nitrogen and oxygen atoms in total. The van der Waals surface area contributed by atoms with Crippen LogP contribution in [-0.2, 0) is 27.7 Å². The highest BCUT2D eigenvalue weighted by Crippen LogP contribution is 2.27. The van der Waals surface area contributed by atoms with E-state index in [4.69, 9.17) is 28.3 Å². The van der Waals surface area contributed by atoms with Gasteiger partial charge in [-0.15, -0.1) is 0 Å². The monoisotopic (exact) mass is 480 g/mol. The van der Waals surface area contributed by atoms with Gasteiger partial charge in [-0.1, -0.05) is 36.2 Å². The molecule has 0 fully saturated rings. The molecule has 0 unspecified atom stereocenters. The average Bonchev–Trinajstić information content (AvgIpc) is 2.95. The van der Waals surface area contributed by atoms with Crippen molar-refractivity contribution >= 4 is 44.8 Å². The Balaban J connectivity index is 1.86. The van der Waals surface area contributed by atoms with Crippen molar-refractivity contribution in [2.45, 2.75) is 38.5 Å². The third kappa shape index (κ3) is 5.10. The molecule has 0 aliphatic heterocycles. The van der Waals surface area contributed by atoms with Crippen LogP contribution in [0.3, 0.4) is 0 Å². The molecule has 0 radical (unpaired) electrons. The van der Waals surface area contributed by atoms with Gasteiger partial charge in [-0.3, -0.25) is 4.79 Å². The van der Waals surface area contributed by atoms with Crippen LogP contribution < -0.4 is 10.5 Å². The fraction of sp³-hybridized carbons (Fsp3) is 0.238. The molecule has 3 N–H and O–H groups in total. The van der Waals surface area contributed by atoms with Crippen molar-refractivity contribution in [3.05, 3.63) is 69.0 Å². The van der Waals surface area contributed by atoms with Gasteiger partial charge >= 0.3 is 0 Å². The van der Waals surface area contributed by atoms with Crippen LogP contribution in [-0.4, -0.2) is 24.1 Å². The summed E-state index contributed by atoms with van der Waals surface area (Å²) in [6.45, 7) is 5.49. The van der Waals surface area contributed by atoms with Crippen LogP contribution in [0.25, 0.3) is 5.69 Å². The Morgan fingerprint density at radius 2 is 1.87 bits per heavy atom. The second-order valence-electron chi connectivity index (χ2n) is 7.10. The van der Waals surface area contributed by atoms with Gasteiger partial charge < -0.3 is 5.32 Å². The largest absolute Gasteiger partial charge is 0.326 e. The van der Waals surface area contributed by atoms with E-state index in [1.54, 1.807) is 35.0 Å². The van der Waals surface area contributed by atoms with E-state index < -0.39 is 10.0 Å². The quantitative estimate of drug-likeness (QED) is 0.551. The van der Waals surface area contributed by atoms with Crippen LogP contribution in [0.2, 0.25) is 10.0 Å². The zero-order valence-electron chi connectivity index (χ0n) is 17.2. The number of sulfonamides is 1. The number of aromatic nitrogens is 2. The number of primary sulfonamides is 1. The van der Waals surface area contributed by atoms with Gasteiger partial charge in [-0.2, -0.15) is 5.10 Å². The topological polar surface area (TPSA) is 107 Å². The minimum atomic E-state index is -3.90. The molecule has 0 aliphatic carbocycles. The molecular formula is C21H22Cl2N4O3S. The number of hydrogen-bond donors (Lipinski definition) is 2. The minimum absolute atomic E-state index is 0.00496. The number of rotatable bonds is 6. The predicted molar refractivity (Wildman–Crippen MR) is 123 cm³/mol. The Hall–Kier alpha value is -2.39. The highest BCUT2D eigenvalue weighted by molar-refractivity contribution is 7.89. The molecule has 0 atom stereocenters. The van der Waals surface area contributed by atoms with Crippen molar-refractivity contribution in [1.29, 1.82) is 0 Å². The molecular weight excluding hydrogens is 459 g/mol. The number of hydrogen-bond acceptors (Lipinski definition) is 4. The van der Waals surface area contributed by atoms with Gasteiger partial charge in [-0.05, 0) is 56.2 Å². The molecule has 1 amide bonds. The standard InChI is InChI=1S/C21H22Cl2N4O3S/c1-4-14-5-7-16(10-20(14)31(24,29)30)25-21(28)11-17-12(2)26-27(13(17)3)19-8-6-15(22)9-18(19)23/h5-10H,4,11H2,1-3H3,(H,25,28)(H2,24,29,30). The Kier molecular flexibility index (Phi) is 6.76. The van der Waals surface area contributed by atoms with Gasteiger partial charge in [0, 0.05) is 22.0 Å². The molecule has 0 aliphatic rings. The maximum atomic E-state index is 12.7. The van der Waals surface area contributed by atoms with Crippen LogP contribution in [0.1, 0.15) is 29.4 Å². The third-order valence-corrected chi connectivity index (χ3v) is 6.49. The number of amides is 1. The SMILES string of the molecule is CCc1ccc(NC(=O)Cc2c(C)nn(-c3ccc(Cl)cc3Cl)c2C)cc1S(N)(=O)=O. The molecule has 3 rings (SSSR count). The lowest BCUT2D eigenvalue weighted by Gasteiger charge is -2.11. The van der Waals surface area contributed by atoms with E-state index in [9.17, 15) is 13.2 Å². The van der Waals surface area contributed by atoms with Crippen molar-refractivity contribution in [3.63, 3.8) is 0 Å².